The highest BCUT2D eigenvalue weighted by atomic mass is 16.6. The summed E-state index contributed by atoms with van der Waals surface area (Å²) in [6.07, 6.45) is 1.52. The van der Waals surface area contributed by atoms with Gasteiger partial charge in [-0.25, -0.2) is 4.79 Å². The Bertz CT molecular complexity index is 1110. The van der Waals surface area contributed by atoms with Crippen molar-refractivity contribution in [1.82, 2.24) is 0 Å². The zero-order chi connectivity index (χ0) is 22.2. The normalized spacial score (nSPS) is 11.6. The highest BCUT2D eigenvalue weighted by Gasteiger charge is 2.26. The molecular formula is C24H20N2O5. The molecule has 0 radical (unpaired) electrons. The number of carbonyl (C=O) groups excluding carboxylic acids is 2. The standard InChI is InChI=1S/C24H20N2O5/c1-17-12-14-20(21(16-17)26(29)30)25-24(28)23(19-10-6-3-7-11-19)31-22(27)15-13-18-8-4-2-5-9-18/h2-16,23H,1H3,(H,25,28)/b15-13+/t23-/m1/s1. The molecule has 156 valence electrons. The van der Waals surface area contributed by atoms with Crippen LogP contribution in [0.5, 0.6) is 0 Å². The molecule has 31 heavy (non-hydrogen) atoms. The third-order valence-electron chi connectivity index (χ3n) is 4.39. The number of anilines is 1. The van der Waals surface area contributed by atoms with E-state index in [2.05, 4.69) is 5.32 Å². The summed E-state index contributed by atoms with van der Waals surface area (Å²) < 4.78 is 5.41. The minimum atomic E-state index is -1.28. The van der Waals surface area contributed by atoms with E-state index >= 15 is 0 Å². The van der Waals surface area contributed by atoms with Crippen LogP contribution in [0, 0.1) is 17.0 Å². The maximum Gasteiger partial charge on any atom is 0.331 e. The highest BCUT2D eigenvalue weighted by molar-refractivity contribution is 5.99. The first-order chi connectivity index (χ1) is 14.9. The number of carbonyl (C=O) groups is 2. The largest absolute Gasteiger partial charge is 0.444 e. The first kappa shape index (κ1) is 21.4. The van der Waals surface area contributed by atoms with Crippen LogP contribution >= 0.6 is 0 Å². The number of hydrogen-bond donors (Lipinski definition) is 1. The molecule has 0 saturated carbocycles. The van der Waals surface area contributed by atoms with Crippen LogP contribution in [0.2, 0.25) is 0 Å². The summed E-state index contributed by atoms with van der Waals surface area (Å²) in [5.74, 6) is -1.41. The molecule has 1 atom stereocenters. The van der Waals surface area contributed by atoms with Gasteiger partial charge in [-0.3, -0.25) is 14.9 Å². The summed E-state index contributed by atoms with van der Waals surface area (Å²) in [6.45, 7) is 1.71. The van der Waals surface area contributed by atoms with Crippen LogP contribution in [0.15, 0.2) is 84.9 Å². The maximum atomic E-state index is 12.9. The van der Waals surface area contributed by atoms with Gasteiger partial charge >= 0.3 is 5.97 Å². The number of amides is 1. The van der Waals surface area contributed by atoms with Crippen LogP contribution in [0.1, 0.15) is 22.8 Å². The predicted octanol–water partition coefficient (Wildman–Crippen LogP) is 4.84. The molecule has 3 aromatic carbocycles. The number of hydrogen-bond acceptors (Lipinski definition) is 5. The molecule has 1 N–H and O–H groups in total. The van der Waals surface area contributed by atoms with Crippen molar-refractivity contribution >= 4 is 29.3 Å². The van der Waals surface area contributed by atoms with Gasteiger partial charge in [0.05, 0.1) is 4.92 Å². The van der Waals surface area contributed by atoms with Crippen LogP contribution in [-0.2, 0) is 14.3 Å². The van der Waals surface area contributed by atoms with Crippen LogP contribution < -0.4 is 5.32 Å². The monoisotopic (exact) mass is 416 g/mol. The van der Waals surface area contributed by atoms with E-state index in [0.29, 0.717) is 11.1 Å². The zero-order valence-electron chi connectivity index (χ0n) is 16.7. The number of nitrogens with zero attached hydrogens (tertiary/aromatic N) is 1. The predicted molar refractivity (Wildman–Crippen MR) is 117 cm³/mol. The van der Waals surface area contributed by atoms with Crippen molar-refractivity contribution in [2.45, 2.75) is 13.0 Å². The Kier molecular flexibility index (Phi) is 6.90. The molecule has 0 aliphatic heterocycles. The number of rotatable bonds is 7. The molecule has 0 heterocycles. The molecule has 3 aromatic rings. The van der Waals surface area contributed by atoms with E-state index in [4.69, 9.17) is 4.74 Å². The molecule has 0 aliphatic rings. The maximum absolute atomic E-state index is 12.9. The number of nitro benzene ring substituents is 1. The van der Waals surface area contributed by atoms with E-state index in [0.717, 1.165) is 5.56 Å². The third kappa shape index (κ3) is 5.86. The summed E-state index contributed by atoms with van der Waals surface area (Å²) in [4.78, 5) is 36.1. The topological polar surface area (TPSA) is 98.5 Å². The zero-order valence-corrected chi connectivity index (χ0v) is 16.7. The van der Waals surface area contributed by atoms with Crippen molar-refractivity contribution in [2.75, 3.05) is 5.32 Å². The lowest BCUT2D eigenvalue weighted by atomic mass is 10.1. The van der Waals surface area contributed by atoms with Crippen molar-refractivity contribution in [3.8, 4) is 0 Å². The smallest absolute Gasteiger partial charge is 0.331 e. The molecule has 0 saturated heterocycles. The lowest BCUT2D eigenvalue weighted by molar-refractivity contribution is -0.384. The number of aryl methyl sites for hydroxylation is 1. The SMILES string of the molecule is Cc1ccc(NC(=O)[C@H](OC(=O)/C=C/c2ccccc2)c2ccccc2)c([N+](=O)[O-])c1. The average molecular weight is 416 g/mol. The number of ether oxygens (including phenoxy) is 1. The number of esters is 1. The molecule has 7 heteroatoms. The van der Waals surface area contributed by atoms with Gasteiger partial charge in [-0.2, -0.15) is 0 Å². The van der Waals surface area contributed by atoms with Crippen LogP contribution in [-0.4, -0.2) is 16.8 Å². The van der Waals surface area contributed by atoms with Crippen LogP contribution in [0.4, 0.5) is 11.4 Å². The second kappa shape index (κ2) is 9.98. The second-order valence-corrected chi connectivity index (χ2v) is 6.74. The molecule has 1 amide bonds. The van der Waals surface area contributed by atoms with Crippen LogP contribution in [0.3, 0.4) is 0 Å². The van der Waals surface area contributed by atoms with Crippen molar-refractivity contribution < 1.29 is 19.2 Å². The lowest BCUT2D eigenvalue weighted by Gasteiger charge is -2.17. The fourth-order valence-corrected chi connectivity index (χ4v) is 2.88. The van der Waals surface area contributed by atoms with Gasteiger partial charge in [0.1, 0.15) is 5.69 Å². The Hall–Kier alpha value is -4.26. The van der Waals surface area contributed by atoms with Gasteiger partial charge < -0.3 is 10.1 Å². The fraction of sp³-hybridized carbons (Fsp3) is 0.0833. The molecular weight excluding hydrogens is 396 g/mol. The molecule has 0 fully saturated rings. The summed E-state index contributed by atoms with van der Waals surface area (Å²) in [5, 5.41) is 13.9. The Balaban J connectivity index is 1.83. The quantitative estimate of drug-likeness (QED) is 0.257. The van der Waals surface area contributed by atoms with Gasteiger partial charge in [0.15, 0.2) is 0 Å². The van der Waals surface area contributed by atoms with Gasteiger partial charge in [-0.15, -0.1) is 0 Å². The van der Waals surface area contributed by atoms with Crippen LogP contribution in [0.25, 0.3) is 6.08 Å². The fourth-order valence-electron chi connectivity index (χ4n) is 2.88. The molecule has 0 aromatic heterocycles. The van der Waals surface area contributed by atoms with E-state index in [9.17, 15) is 19.7 Å². The number of nitro groups is 1. The summed E-state index contributed by atoms with van der Waals surface area (Å²) >= 11 is 0. The molecule has 0 bridgehead atoms. The highest BCUT2D eigenvalue weighted by Crippen LogP contribution is 2.27. The minimum Gasteiger partial charge on any atom is -0.444 e. The molecule has 7 nitrogen and oxygen atoms in total. The van der Waals surface area contributed by atoms with E-state index in [1.165, 1.54) is 18.2 Å². The number of nitrogens with one attached hydrogen (secondary N) is 1. The Morgan fingerprint density at radius 1 is 1.00 bits per heavy atom. The van der Waals surface area contributed by atoms with Gasteiger partial charge in [0, 0.05) is 17.7 Å². The van der Waals surface area contributed by atoms with Crippen molar-refractivity contribution in [3.05, 3.63) is 112 Å². The van der Waals surface area contributed by atoms with E-state index in [-0.39, 0.29) is 11.4 Å². The third-order valence-corrected chi connectivity index (χ3v) is 4.39. The summed E-state index contributed by atoms with van der Waals surface area (Å²) in [5.41, 5.74) is 1.71. The first-order valence-corrected chi connectivity index (χ1v) is 9.48. The minimum absolute atomic E-state index is 0.0254. The average Bonchev–Trinajstić information content (AvgIpc) is 2.78. The van der Waals surface area contributed by atoms with Crippen molar-refractivity contribution in [3.63, 3.8) is 0 Å². The summed E-state index contributed by atoms with van der Waals surface area (Å²) in [6, 6.07) is 22.1. The molecule has 0 unspecified atom stereocenters. The Morgan fingerprint density at radius 2 is 1.65 bits per heavy atom. The van der Waals surface area contributed by atoms with E-state index in [1.807, 2.05) is 30.3 Å². The van der Waals surface area contributed by atoms with Gasteiger partial charge in [0.2, 0.25) is 6.10 Å². The second-order valence-electron chi connectivity index (χ2n) is 6.74. The Morgan fingerprint density at radius 3 is 2.29 bits per heavy atom. The van der Waals surface area contributed by atoms with Gasteiger partial charge in [-0.05, 0) is 30.2 Å². The van der Waals surface area contributed by atoms with Crippen molar-refractivity contribution in [2.24, 2.45) is 0 Å². The summed E-state index contributed by atoms with van der Waals surface area (Å²) in [7, 11) is 0. The Labute approximate surface area is 179 Å². The van der Waals surface area contributed by atoms with E-state index < -0.39 is 22.9 Å². The lowest BCUT2D eigenvalue weighted by Crippen LogP contribution is -2.25. The van der Waals surface area contributed by atoms with Gasteiger partial charge in [0.25, 0.3) is 11.6 Å². The van der Waals surface area contributed by atoms with E-state index in [1.54, 1.807) is 49.4 Å². The molecule has 0 spiro atoms. The van der Waals surface area contributed by atoms with Crippen molar-refractivity contribution in [1.29, 1.82) is 0 Å². The number of benzene rings is 3. The first-order valence-electron chi connectivity index (χ1n) is 9.48. The molecule has 0 aliphatic carbocycles. The van der Waals surface area contributed by atoms with Gasteiger partial charge in [-0.1, -0.05) is 66.7 Å². The molecule has 3 rings (SSSR count).